The number of rotatable bonds is 3. The van der Waals surface area contributed by atoms with Crippen LogP contribution in [0.5, 0.6) is 11.5 Å². The molecule has 2 rings (SSSR count). The van der Waals surface area contributed by atoms with Crippen LogP contribution in [0.15, 0.2) is 33.9 Å². The van der Waals surface area contributed by atoms with E-state index in [-0.39, 0.29) is 11.1 Å². The third kappa shape index (κ3) is 2.42. The summed E-state index contributed by atoms with van der Waals surface area (Å²) in [6, 6.07) is 5.88. The second-order valence-corrected chi connectivity index (χ2v) is 3.60. The van der Waals surface area contributed by atoms with E-state index in [1.165, 1.54) is 26.4 Å². The predicted octanol–water partition coefficient (Wildman–Crippen LogP) is 0.747. The topological polar surface area (TPSA) is 84.2 Å². The fourth-order valence-electron chi connectivity index (χ4n) is 1.56. The molecule has 0 radical (unpaired) electrons. The average molecular weight is 248 g/mol. The van der Waals surface area contributed by atoms with Gasteiger partial charge in [-0.15, -0.1) is 0 Å². The number of aromatic amines is 2. The summed E-state index contributed by atoms with van der Waals surface area (Å²) in [4.78, 5) is 28.1. The highest BCUT2D eigenvalue weighted by molar-refractivity contribution is 5.57. The van der Waals surface area contributed by atoms with Crippen molar-refractivity contribution >= 4 is 0 Å². The van der Waals surface area contributed by atoms with Gasteiger partial charge in [-0.05, 0) is 0 Å². The van der Waals surface area contributed by atoms with Crippen molar-refractivity contribution in [3.63, 3.8) is 0 Å². The van der Waals surface area contributed by atoms with Crippen molar-refractivity contribution in [1.29, 1.82) is 0 Å². The molecule has 0 saturated carbocycles. The Labute approximate surface area is 102 Å². The minimum atomic E-state index is -0.312. The molecule has 0 aromatic carbocycles. The molecule has 94 valence electrons. The summed E-state index contributed by atoms with van der Waals surface area (Å²) >= 11 is 0. The Balaban J connectivity index is 2.61. The third-order valence-corrected chi connectivity index (χ3v) is 2.40. The fraction of sp³-hybridized carbons (Fsp3) is 0.167. The molecule has 2 N–H and O–H groups in total. The van der Waals surface area contributed by atoms with Crippen molar-refractivity contribution in [2.24, 2.45) is 0 Å². The second kappa shape index (κ2) is 4.79. The zero-order valence-electron chi connectivity index (χ0n) is 9.94. The van der Waals surface area contributed by atoms with Crippen LogP contribution in [0.4, 0.5) is 0 Å². The number of methoxy groups -OCH3 is 2. The van der Waals surface area contributed by atoms with Gasteiger partial charge in [0.05, 0.1) is 25.6 Å². The molecular weight excluding hydrogens is 236 g/mol. The molecule has 2 heterocycles. The SMILES string of the molecule is COc1cc(-c2cc(OC)cc(=O)[nH]2)[nH]c(=O)c1. The summed E-state index contributed by atoms with van der Waals surface area (Å²) in [5.41, 5.74) is 0.284. The maximum absolute atomic E-state index is 11.4. The number of nitrogens with one attached hydrogen (secondary N) is 2. The lowest BCUT2D eigenvalue weighted by atomic mass is 10.2. The normalized spacial score (nSPS) is 10.1. The first-order valence-corrected chi connectivity index (χ1v) is 5.19. The molecule has 2 aromatic heterocycles. The van der Waals surface area contributed by atoms with E-state index < -0.39 is 0 Å². The lowest BCUT2D eigenvalue weighted by Crippen LogP contribution is -2.10. The number of ether oxygens (including phenoxy) is 2. The highest BCUT2D eigenvalue weighted by atomic mass is 16.5. The van der Waals surface area contributed by atoms with Crippen LogP contribution < -0.4 is 20.6 Å². The van der Waals surface area contributed by atoms with Crippen LogP contribution >= 0.6 is 0 Å². The maximum atomic E-state index is 11.4. The number of H-pyrrole nitrogens is 2. The van der Waals surface area contributed by atoms with Crippen LogP contribution in [0.2, 0.25) is 0 Å². The van der Waals surface area contributed by atoms with Gasteiger partial charge in [-0.2, -0.15) is 0 Å². The molecule has 18 heavy (non-hydrogen) atoms. The van der Waals surface area contributed by atoms with Crippen molar-refractivity contribution < 1.29 is 9.47 Å². The zero-order valence-corrected chi connectivity index (χ0v) is 9.94. The Bertz CT molecular complexity index is 613. The largest absolute Gasteiger partial charge is 0.496 e. The first kappa shape index (κ1) is 12.0. The first-order chi connectivity index (χ1) is 8.62. The average Bonchev–Trinajstić information content (AvgIpc) is 2.37. The van der Waals surface area contributed by atoms with Crippen LogP contribution in [0, 0.1) is 0 Å². The third-order valence-electron chi connectivity index (χ3n) is 2.40. The van der Waals surface area contributed by atoms with Crippen LogP contribution in [-0.4, -0.2) is 24.2 Å². The van der Waals surface area contributed by atoms with E-state index in [1.54, 1.807) is 12.1 Å². The predicted molar refractivity (Wildman–Crippen MR) is 66.2 cm³/mol. The summed E-state index contributed by atoms with van der Waals surface area (Å²) in [5, 5.41) is 0. The van der Waals surface area contributed by atoms with E-state index in [2.05, 4.69) is 9.97 Å². The molecule has 0 atom stereocenters. The summed E-state index contributed by atoms with van der Waals surface area (Å²) < 4.78 is 10.0. The Morgan fingerprint density at radius 1 is 0.778 bits per heavy atom. The van der Waals surface area contributed by atoms with Crippen molar-refractivity contribution in [1.82, 2.24) is 9.97 Å². The minimum absolute atomic E-state index is 0.312. The highest BCUT2D eigenvalue weighted by Gasteiger charge is 2.05. The number of aromatic nitrogens is 2. The van der Waals surface area contributed by atoms with E-state index in [1.807, 2.05) is 0 Å². The monoisotopic (exact) mass is 248 g/mol. The fourth-order valence-corrected chi connectivity index (χ4v) is 1.56. The maximum Gasteiger partial charge on any atom is 0.252 e. The summed E-state index contributed by atoms with van der Waals surface area (Å²) in [5.74, 6) is 0.829. The minimum Gasteiger partial charge on any atom is -0.496 e. The van der Waals surface area contributed by atoms with Crippen LogP contribution in [0.3, 0.4) is 0 Å². The number of hydrogen-bond acceptors (Lipinski definition) is 4. The summed E-state index contributed by atoms with van der Waals surface area (Å²) in [6.45, 7) is 0. The van der Waals surface area contributed by atoms with Gasteiger partial charge in [-0.25, -0.2) is 0 Å². The van der Waals surface area contributed by atoms with Crippen LogP contribution in [0.25, 0.3) is 11.4 Å². The van der Waals surface area contributed by atoms with Gasteiger partial charge in [0.15, 0.2) is 0 Å². The van der Waals surface area contributed by atoms with Gasteiger partial charge in [-0.3, -0.25) is 9.59 Å². The quantitative estimate of drug-likeness (QED) is 0.839. The van der Waals surface area contributed by atoms with E-state index in [9.17, 15) is 9.59 Å². The molecule has 6 heteroatoms. The van der Waals surface area contributed by atoms with E-state index in [0.29, 0.717) is 22.9 Å². The van der Waals surface area contributed by atoms with E-state index >= 15 is 0 Å². The Hall–Kier alpha value is -2.50. The number of hydrogen-bond donors (Lipinski definition) is 2. The zero-order chi connectivity index (χ0) is 13.1. The summed E-state index contributed by atoms with van der Waals surface area (Å²) in [7, 11) is 2.93. The molecular formula is C12H12N2O4. The van der Waals surface area contributed by atoms with Gasteiger partial charge < -0.3 is 19.4 Å². The molecule has 0 aliphatic heterocycles. The van der Waals surface area contributed by atoms with Crippen LogP contribution in [-0.2, 0) is 0 Å². The Morgan fingerprint density at radius 3 is 1.50 bits per heavy atom. The molecule has 0 unspecified atom stereocenters. The van der Waals surface area contributed by atoms with Gasteiger partial charge in [-0.1, -0.05) is 0 Å². The van der Waals surface area contributed by atoms with Crippen LogP contribution in [0.1, 0.15) is 0 Å². The van der Waals surface area contributed by atoms with Gasteiger partial charge >= 0.3 is 0 Å². The lowest BCUT2D eigenvalue weighted by Gasteiger charge is -2.06. The molecule has 2 aromatic rings. The Morgan fingerprint density at radius 2 is 1.17 bits per heavy atom. The lowest BCUT2D eigenvalue weighted by molar-refractivity contribution is 0.413. The number of pyridine rings is 2. The molecule has 0 bridgehead atoms. The molecule has 6 nitrogen and oxygen atoms in total. The van der Waals surface area contributed by atoms with Gasteiger partial charge in [0.25, 0.3) is 11.1 Å². The van der Waals surface area contributed by atoms with Crippen molar-refractivity contribution in [3.05, 3.63) is 45.0 Å². The first-order valence-electron chi connectivity index (χ1n) is 5.19. The molecule has 0 fully saturated rings. The van der Waals surface area contributed by atoms with Gasteiger partial charge in [0.1, 0.15) is 11.5 Å². The molecule has 0 aliphatic rings. The highest BCUT2D eigenvalue weighted by Crippen LogP contribution is 2.19. The van der Waals surface area contributed by atoms with Gasteiger partial charge in [0.2, 0.25) is 0 Å². The molecule has 0 spiro atoms. The van der Waals surface area contributed by atoms with Crippen molar-refractivity contribution in [2.75, 3.05) is 14.2 Å². The van der Waals surface area contributed by atoms with E-state index in [4.69, 9.17) is 9.47 Å². The molecule has 0 aliphatic carbocycles. The Kier molecular flexibility index (Phi) is 3.18. The smallest absolute Gasteiger partial charge is 0.252 e. The second-order valence-electron chi connectivity index (χ2n) is 3.60. The summed E-state index contributed by atoms with van der Waals surface area (Å²) in [6.07, 6.45) is 0. The van der Waals surface area contributed by atoms with Crippen molar-refractivity contribution in [3.8, 4) is 22.9 Å². The molecule has 0 amide bonds. The standard InChI is InChI=1S/C12H12N2O4/c1-17-7-3-9(13-11(15)5-7)10-4-8(18-2)6-12(16)14-10/h3-6H,1-2H3,(H,13,15)(H,14,16). The van der Waals surface area contributed by atoms with Gasteiger partial charge in [0, 0.05) is 24.3 Å². The van der Waals surface area contributed by atoms with Crippen molar-refractivity contribution in [2.45, 2.75) is 0 Å². The van der Waals surface area contributed by atoms with E-state index in [0.717, 1.165) is 0 Å². The molecule has 0 saturated heterocycles.